The number of benzene rings is 14. The summed E-state index contributed by atoms with van der Waals surface area (Å²) in [6, 6.07) is 110. The average molecular weight is 1250 g/mol. The predicted octanol–water partition coefficient (Wildman–Crippen LogP) is 23.1. The van der Waals surface area contributed by atoms with E-state index in [0.29, 0.717) is 34.9 Å². The molecule has 0 bridgehead atoms. The molecule has 16 aromatic rings. The summed E-state index contributed by atoms with van der Waals surface area (Å²) in [4.78, 5) is 31.5. The van der Waals surface area contributed by atoms with Crippen LogP contribution in [0.4, 0.5) is 0 Å². The summed E-state index contributed by atoms with van der Waals surface area (Å²) in [6.45, 7) is 4.59. The lowest BCUT2D eigenvalue weighted by molar-refractivity contribution is 0.752. The van der Waals surface area contributed by atoms with E-state index in [0.717, 1.165) is 126 Å². The molecule has 2 aromatic heterocycles. The van der Waals surface area contributed by atoms with Gasteiger partial charge in [0.1, 0.15) is 0 Å². The molecular formula is C91H68N6. The Morgan fingerprint density at radius 2 is 0.495 bits per heavy atom. The van der Waals surface area contributed by atoms with Crippen molar-refractivity contribution in [2.45, 2.75) is 57.8 Å². The Morgan fingerprint density at radius 1 is 0.237 bits per heavy atom. The Labute approximate surface area is 565 Å². The van der Waals surface area contributed by atoms with Crippen molar-refractivity contribution < 1.29 is 0 Å². The third-order valence-electron chi connectivity index (χ3n) is 19.8. The molecule has 1 aliphatic rings. The Morgan fingerprint density at radius 3 is 0.773 bits per heavy atom. The molecule has 97 heavy (non-hydrogen) atoms. The van der Waals surface area contributed by atoms with E-state index in [-0.39, 0.29) is 0 Å². The smallest absolute Gasteiger partial charge is 0.165 e. The summed E-state index contributed by atoms with van der Waals surface area (Å²) in [6.07, 6.45) is 6.52. The summed E-state index contributed by atoms with van der Waals surface area (Å²) in [5, 5.41) is 8.83. The number of aromatic nitrogens is 6. The fourth-order valence-corrected chi connectivity index (χ4v) is 15.3. The van der Waals surface area contributed by atoms with Crippen molar-refractivity contribution in [3.8, 4) is 102 Å². The zero-order valence-electron chi connectivity index (χ0n) is 54.3. The van der Waals surface area contributed by atoms with Crippen molar-refractivity contribution in [2.75, 3.05) is 0 Å². The van der Waals surface area contributed by atoms with Crippen molar-refractivity contribution in [3.63, 3.8) is 0 Å². The van der Waals surface area contributed by atoms with E-state index in [1.165, 1.54) is 55.6 Å². The number of unbranched alkanes of at least 4 members (excludes halogenated alkanes) is 2. The molecule has 0 aliphatic heterocycles. The summed E-state index contributed by atoms with van der Waals surface area (Å²) < 4.78 is 0. The molecule has 0 saturated heterocycles. The van der Waals surface area contributed by atoms with Gasteiger partial charge in [0.2, 0.25) is 0 Å². The van der Waals surface area contributed by atoms with Crippen molar-refractivity contribution in [2.24, 2.45) is 0 Å². The van der Waals surface area contributed by atoms with Crippen LogP contribution < -0.4 is 0 Å². The molecule has 0 N–H and O–H groups in total. The molecule has 462 valence electrons. The van der Waals surface area contributed by atoms with Crippen molar-refractivity contribution >= 4 is 43.1 Å². The molecule has 0 radical (unpaired) electrons. The van der Waals surface area contributed by atoms with E-state index in [1.54, 1.807) is 0 Å². The molecule has 0 fully saturated rings. The van der Waals surface area contributed by atoms with Gasteiger partial charge in [-0.1, -0.05) is 330 Å². The van der Waals surface area contributed by atoms with Crippen LogP contribution in [0.5, 0.6) is 0 Å². The Kier molecular flexibility index (Phi) is 15.3. The van der Waals surface area contributed by atoms with E-state index in [2.05, 4.69) is 244 Å². The van der Waals surface area contributed by atoms with Gasteiger partial charge in [0.25, 0.3) is 0 Å². The van der Waals surface area contributed by atoms with E-state index < -0.39 is 5.41 Å². The quantitative estimate of drug-likeness (QED) is 0.0897. The van der Waals surface area contributed by atoms with Gasteiger partial charge in [0, 0.05) is 33.4 Å². The Bertz CT molecular complexity index is 5060. The van der Waals surface area contributed by atoms with Crippen molar-refractivity contribution in [1.29, 1.82) is 0 Å². The second-order valence-corrected chi connectivity index (χ2v) is 25.6. The van der Waals surface area contributed by atoms with Crippen LogP contribution >= 0.6 is 0 Å². The number of rotatable bonds is 16. The maximum Gasteiger partial charge on any atom is 0.165 e. The first kappa shape index (κ1) is 58.9. The third kappa shape index (κ3) is 10.4. The first-order chi connectivity index (χ1) is 48.0. The molecule has 0 saturated carbocycles. The molecule has 0 atom stereocenters. The van der Waals surface area contributed by atoms with E-state index in [4.69, 9.17) is 29.9 Å². The van der Waals surface area contributed by atoms with Crippen molar-refractivity contribution in [1.82, 2.24) is 29.9 Å². The number of nitrogens with zero attached hydrogens (tertiary/aromatic N) is 6. The minimum atomic E-state index is -0.675. The van der Waals surface area contributed by atoms with E-state index >= 15 is 0 Å². The number of aryl methyl sites for hydroxylation is 2. The monoisotopic (exact) mass is 1240 g/mol. The van der Waals surface area contributed by atoms with Crippen LogP contribution in [0.15, 0.2) is 303 Å². The van der Waals surface area contributed by atoms with Gasteiger partial charge in [0.05, 0.1) is 5.41 Å². The van der Waals surface area contributed by atoms with Gasteiger partial charge in [-0.15, -0.1) is 0 Å². The summed E-state index contributed by atoms with van der Waals surface area (Å²) in [5.74, 6) is 3.81. The molecule has 0 unspecified atom stereocenters. The molecule has 0 spiro atoms. The van der Waals surface area contributed by atoms with Crippen LogP contribution in [0, 0.1) is 0 Å². The lowest BCUT2D eigenvalue weighted by Crippen LogP contribution is -2.29. The third-order valence-corrected chi connectivity index (χ3v) is 19.8. The maximum absolute atomic E-state index is 5.33. The molecular weight excluding hydrogens is 1180 g/mol. The summed E-state index contributed by atoms with van der Waals surface area (Å²) >= 11 is 0. The molecule has 17 rings (SSSR count). The zero-order chi connectivity index (χ0) is 64.8. The molecule has 2 heterocycles. The zero-order valence-corrected chi connectivity index (χ0v) is 54.3. The fourth-order valence-electron chi connectivity index (χ4n) is 15.3. The standard InChI is InChI=1S/C91H68N6/c1-3-5-27-59-45-55-69-70-56-46-60(28-6-4-2)58-80(70)91(79(69)57-59,67-51-47-61(48-52-67)81-71-37-19-23-41-75(71)83(76-42-24-20-38-72(76)81)89-94-85(63-29-11-7-12-30-63)92-86(95-89)64-31-13-8-14-32-64)68-53-49-62(50-54-68)82-73-39-21-25-43-77(73)84(78-44-26-22-40-74(78)82)90-96-87(65-33-15-9-16-34-65)93-88(97-90)66-35-17-10-18-36-66/h7-26,29-58H,3-6,27-28H2,1-2H3. The summed E-state index contributed by atoms with van der Waals surface area (Å²) in [7, 11) is 0. The highest BCUT2D eigenvalue weighted by molar-refractivity contribution is 6.22. The lowest BCUT2D eigenvalue weighted by atomic mass is 9.66. The van der Waals surface area contributed by atoms with Gasteiger partial charge in [0.15, 0.2) is 34.9 Å². The molecule has 6 nitrogen and oxygen atoms in total. The minimum absolute atomic E-state index is 0.634. The van der Waals surface area contributed by atoms with Gasteiger partial charge in [-0.25, -0.2) is 29.9 Å². The van der Waals surface area contributed by atoms with Gasteiger partial charge in [-0.05, 0) is 136 Å². The molecule has 14 aromatic carbocycles. The van der Waals surface area contributed by atoms with Gasteiger partial charge in [-0.2, -0.15) is 0 Å². The van der Waals surface area contributed by atoms with Crippen molar-refractivity contribution in [3.05, 3.63) is 337 Å². The highest BCUT2D eigenvalue weighted by Gasteiger charge is 2.46. The second kappa shape index (κ2) is 25.1. The number of fused-ring (bicyclic) bond motifs is 7. The largest absolute Gasteiger partial charge is 0.208 e. The average Bonchev–Trinajstić information content (AvgIpc) is 1.56. The fraction of sp³-hybridized carbons (Fsp3) is 0.0989. The molecule has 0 amide bonds. The first-order valence-electron chi connectivity index (χ1n) is 34.1. The van der Waals surface area contributed by atoms with Crippen LogP contribution in [-0.4, -0.2) is 29.9 Å². The predicted molar refractivity (Wildman–Crippen MR) is 401 cm³/mol. The minimum Gasteiger partial charge on any atom is -0.208 e. The number of hydrogen-bond acceptors (Lipinski definition) is 6. The SMILES string of the molecule is CCCCc1ccc2c(c1)C(c1ccc(-c3c4ccccc4c(-c4nc(-c5ccccc5)nc(-c5ccccc5)n4)c4ccccc34)cc1)(c1ccc(-c3c4ccccc4c(-c4nc(-c5ccccc5)nc(-c5ccccc5)n4)c4ccccc34)cc1)c1cc(CCCC)ccc1-2. The topological polar surface area (TPSA) is 77.3 Å². The van der Waals surface area contributed by atoms with E-state index in [9.17, 15) is 0 Å². The van der Waals surface area contributed by atoms with Crippen LogP contribution in [0.2, 0.25) is 0 Å². The highest BCUT2D eigenvalue weighted by atomic mass is 15.0. The first-order valence-corrected chi connectivity index (χ1v) is 34.1. The normalized spacial score (nSPS) is 12.4. The molecule has 6 heteroatoms. The Hall–Kier alpha value is -11.9. The van der Waals surface area contributed by atoms with Crippen LogP contribution in [0.25, 0.3) is 145 Å². The van der Waals surface area contributed by atoms with Crippen LogP contribution in [0.1, 0.15) is 72.9 Å². The highest BCUT2D eigenvalue weighted by Crippen LogP contribution is 2.58. The van der Waals surface area contributed by atoms with E-state index in [1.807, 2.05) is 72.8 Å². The van der Waals surface area contributed by atoms with Gasteiger partial charge < -0.3 is 0 Å². The maximum atomic E-state index is 5.33. The van der Waals surface area contributed by atoms with Gasteiger partial charge in [-0.3, -0.25) is 0 Å². The summed E-state index contributed by atoms with van der Waals surface area (Å²) in [5.41, 5.74) is 20.1. The molecule has 1 aliphatic carbocycles. The van der Waals surface area contributed by atoms with Gasteiger partial charge >= 0.3 is 0 Å². The Balaban J connectivity index is 0.856. The van der Waals surface area contributed by atoms with Crippen LogP contribution in [0.3, 0.4) is 0 Å². The lowest BCUT2D eigenvalue weighted by Gasteiger charge is -2.35. The van der Waals surface area contributed by atoms with Crippen LogP contribution in [-0.2, 0) is 18.3 Å². The number of hydrogen-bond donors (Lipinski definition) is 0. The second-order valence-electron chi connectivity index (χ2n) is 25.6.